The molecule has 0 atom stereocenters. The fraction of sp³-hybridized carbons (Fsp3) is 0. The topological polar surface area (TPSA) is 12.4 Å². The third-order valence-corrected chi connectivity index (χ3v) is 0.843. The van der Waals surface area contributed by atoms with Gasteiger partial charge < -0.3 is 0 Å². The van der Waals surface area contributed by atoms with Crippen molar-refractivity contribution in [1.82, 2.24) is 0 Å². The third kappa shape index (κ3) is 1.12. The summed E-state index contributed by atoms with van der Waals surface area (Å²) in [4.78, 5) is 3.51. The van der Waals surface area contributed by atoms with Crippen molar-refractivity contribution in [3.05, 3.63) is 24.2 Å². The SMILES string of the molecule is FC1=CC(Cl)=NC=[C+]1. The molecule has 1 heterocycles. The lowest BCUT2D eigenvalue weighted by Crippen LogP contribution is -1.84. The van der Waals surface area contributed by atoms with E-state index in [1.165, 1.54) is 6.20 Å². The lowest BCUT2D eigenvalue weighted by Gasteiger charge is -1.78. The van der Waals surface area contributed by atoms with Gasteiger partial charge in [-0.2, -0.15) is 4.99 Å². The summed E-state index contributed by atoms with van der Waals surface area (Å²) in [6.07, 6.45) is 4.50. The number of allylic oxidation sites excluding steroid dienone is 3. The summed E-state index contributed by atoms with van der Waals surface area (Å²) in [6, 6.07) is 0. The molecule has 0 aromatic rings. The van der Waals surface area contributed by atoms with Gasteiger partial charge in [0.25, 0.3) is 0 Å². The van der Waals surface area contributed by atoms with Gasteiger partial charge in [-0.3, -0.25) is 0 Å². The number of rotatable bonds is 0. The minimum absolute atomic E-state index is 0.154. The van der Waals surface area contributed by atoms with Gasteiger partial charge in [0.05, 0.1) is 0 Å². The molecule has 0 aliphatic carbocycles. The van der Waals surface area contributed by atoms with Gasteiger partial charge >= 0.3 is 5.83 Å². The van der Waals surface area contributed by atoms with Crippen LogP contribution in [0.1, 0.15) is 0 Å². The number of nitrogens with zero attached hydrogens (tertiary/aromatic N) is 1. The van der Waals surface area contributed by atoms with E-state index in [2.05, 4.69) is 11.1 Å². The van der Waals surface area contributed by atoms with E-state index in [4.69, 9.17) is 11.6 Å². The highest BCUT2D eigenvalue weighted by molar-refractivity contribution is 6.68. The van der Waals surface area contributed by atoms with Gasteiger partial charge in [0.15, 0.2) is 18.4 Å². The van der Waals surface area contributed by atoms with Gasteiger partial charge in [0.2, 0.25) is 5.17 Å². The fourth-order valence-corrected chi connectivity index (χ4v) is 0.484. The predicted octanol–water partition coefficient (Wildman–Crippen LogP) is 1.81. The van der Waals surface area contributed by atoms with Crippen LogP contribution in [0.4, 0.5) is 4.39 Å². The Labute approximate surface area is 51.2 Å². The smallest absolute Gasteiger partial charge is 0.193 e. The van der Waals surface area contributed by atoms with Gasteiger partial charge in [0.1, 0.15) is 0 Å². The van der Waals surface area contributed by atoms with Crippen molar-refractivity contribution >= 4 is 16.8 Å². The van der Waals surface area contributed by atoms with Crippen LogP contribution in [-0.2, 0) is 0 Å². The third-order valence-electron chi connectivity index (χ3n) is 0.636. The maximum absolute atomic E-state index is 12.0. The van der Waals surface area contributed by atoms with Crippen molar-refractivity contribution in [3.63, 3.8) is 0 Å². The van der Waals surface area contributed by atoms with Gasteiger partial charge in [-0.1, -0.05) is 0 Å². The molecule has 0 saturated heterocycles. The number of hydrogen-bond acceptors (Lipinski definition) is 1. The van der Waals surface area contributed by atoms with E-state index < -0.39 is 5.83 Å². The Morgan fingerprint density at radius 1 is 1.75 bits per heavy atom. The fourth-order valence-electron chi connectivity index (χ4n) is 0.339. The Bertz CT molecular complexity index is 178. The molecule has 0 radical (unpaired) electrons. The molecule has 1 rings (SSSR count). The van der Waals surface area contributed by atoms with Crippen LogP contribution in [0.5, 0.6) is 0 Å². The van der Waals surface area contributed by atoms with Crippen molar-refractivity contribution in [1.29, 1.82) is 0 Å². The first-order valence-electron chi connectivity index (χ1n) is 1.98. The standard InChI is InChI=1S/C5H2ClFN/c6-5-3-4(7)1-2-8-5/h2-3H/q+1. The normalized spacial score (nSPS) is 16.8. The van der Waals surface area contributed by atoms with Crippen molar-refractivity contribution in [2.75, 3.05) is 0 Å². The molecule has 0 spiro atoms. The maximum atomic E-state index is 12.0. The summed E-state index contributed by atoms with van der Waals surface area (Å²) in [5.74, 6) is -0.481. The van der Waals surface area contributed by atoms with E-state index in [1.54, 1.807) is 0 Å². The first kappa shape index (κ1) is 5.42. The Kier molecular flexibility index (Phi) is 1.38. The maximum Gasteiger partial charge on any atom is 0.347 e. The van der Waals surface area contributed by atoms with Crippen molar-refractivity contribution in [3.8, 4) is 0 Å². The summed E-state index contributed by atoms with van der Waals surface area (Å²) in [7, 11) is 0. The van der Waals surface area contributed by atoms with Crippen LogP contribution in [0.2, 0.25) is 0 Å². The van der Waals surface area contributed by atoms with E-state index in [1.807, 2.05) is 0 Å². The Morgan fingerprint density at radius 2 is 2.50 bits per heavy atom. The van der Waals surface area contributed by atoms with Crippen molar-refractivity contribution in [2.45, 2.75) is 0 Å². The zero-order valence-corrected chi connectivity index (χ0v) is 4.61. The molecular weight excluding hydrogens is 129 g/mol. The molecule has 0 N–H and O–H groups in total. The van der Waals surface area contributed by atoms with E-state index in [0.717, 1.165) is 6.08 Å². The minimum Gasteiger partial charge on any atom is -0.193 e. The van der Waals surface area contributed by atoms with Crippen LogP contribution < -0.4 is 0 Å². The molecule has 1 aliphatic heterocycles. The molecular formula is C5H2ClFN+. The van der Waals surface area contributed by atoms with Crippen molar-refractivity contribution < 1.29 is 4.39 Å². The average Bonchev–Trinajstić information content (AvgIpc) is 1.64. The largest absolute Gasteiger partial charge is 0.347 e. The highest BCUT2D eigenvalue weighted by Gasteiger charge is 2.08. The molecule has 0 amide bonds. The summed E-state index contributed by atoms with van der Waals surface area (Å²) < 4.78 is 12.0. The van der Waals surface area contributed by atoms with E-state index in [-0.39, 0.29) is 5.17 Å². The summed E-state index contributed by atoms with van der Waals surface area (Å²) in [5.41, 5.74) is 0. The van der Waals surface area contributed by atoms with E-state index in [9.17, 15) is 4.39 Å². The van der Waals surface area contributed by atoms with Gasteiger partial charge in [-0.25, -0.2) is 0 Å². The monoisotopic (exact) mass is 130 g/mol. The Morgan fingerprint density at radius 3 is 2.88 bits per heavy atom. The molecule has 0 bridgehead atoms. The minimum atomic E-state index is -0.481. The second-order valence-electron chi connectivity index (χ2n) is 1.22. The van der Waals surface area contributed by atoms with Crippen LogP contribution in [-0.4, -0.2) is 5.17 Å². The Hall–Kier alpha value is -0.720. The summed E-state index contributed by atoms with van der Waals surface area (Å²) >= 11 is 5.27. The highest BCUT2D eigenvalue weighted by atomic mass is 35.5. The lowest BCUT2D eigenvalue weighted by atomic mass is 10.4. The Balaban J connectivity index is 2.89. The van der Waals surface area contributed by atoms with Crippen LogP contribution in [0.3, 0.4) is 0 Å². The molecule has 0 saturated carbocycles. The van der Waals surface area contributed by atoms with Crippen LogP contribution >= 0.6 is 11.6 Å². The number of aliphatic imine (C=N–C) groups is 1. The molecule has 40 valence electrons. The number of hydrogen-bond donors (Lipinski definition) is 0. The molecule has 8 heavy (non-hydrogen) atoms. The van der Waals surface area contributed by atoms with Gasteiger partial charge in [-0.15, -0.1) is 4.39 Å². The van der Waals surface area contributed by atoms with E-state index in [0.29, 0.717) is 0 Å². The molecule has 1 nitrogen and oxygen atoms in total. The van der Waals surface area contributed by atoms with Gasteiger partial charge in [-0.05, 0) is 11.6 Å². The van der Waals surface area contributed by atoms with E-state index >= 15 is 0 Å². The van der Waals surface area contributed by atoms with Crippen LogP contribution in [0.15, 0.2) is 23.1 Å². The first-order chi connectivity index (χ1) is 3.79. The predicted molar refractivity (Wildman–Crippen MR) is 30.3 cm³/mol. The molecule has 0 aromatic heterocycles. The summed E-state index contributed by atoms with van der Waals surface area (Å²) in [6.45, 7) is 0. The highest BCUT2D eigenvalue weighted by Crippen LogP contribution is 2.05. The molecule has 1 aliphatic rings. The quantitative estimate of drug-likeness (QED) is 0.444. The zero-order chi connectivity index (χ0) is 5.98. The number of halogens is 2. The molecule has 0 aromatic carbocycles. The second-order valence-corrected chi connectivity index (χ2v) is 1.60. The first-order valence-corrected chi connectivity index (χ1v) is 2.35. The second kappa shape index (κ2) is 2.03. The average molecular weight is 131 g/mol. The summed E-state index contributed by atoms with van der Waals surface area (Å²) in [5, 5.41) is 0.154. The zero-order valence-electron chi connectivity index (χ0n) is 3.86. The van der Waals surface area contributed by atoms with Gasteiger partial charge in [0, 0.05) is 0 Å². The molecule has 0 fully saturated rings. The molecule has 3 heteroatoms. The van der Waals surface area contributed by atoms with Crippen LogP contribution in [0.25, 0.3) is 0 Å². The lowest BCUT2D eigenvalue weighted by molar-refractivity contribution is 0.660. The van der Waals surface area contributed by atoms with Crippen molar-refractivity contribution in [2.24, 2.45) is 4.99 Å². The van der Waals surface area contributed by atoms with Crippen LogP contribution in [0, 0.1) is 6.08 Å². The molecule has 0 unspecified atom stereocenters.